The molecule has 1 atom stereocenters. The molecule has 86 valence electrons. The quantitative estimate of drug-likeness (QED) is 0.744. The van der Waals surface area contributed by atoms with Gasteiger partial charge in [-0.15, -0.1) is 11.8 Å². The van der Waals surface area contributed by atoms with Crippen LogP contribution < -0.4 is 11.1 Å². The van der Waals surface area contributed by atoms with Crippen LogP contribution in [0.2, 0.25) is 0 Å². The molecular weight excluding hydrogens is 224 g/mol. The van der Waals surface area contributed by atoms with Crippen molar-refractivity contribution < 1.29 is 9.59 Å². The van der Waals surface area contributed by atoms with E-state index in [4.69, 9.17) is 5.73 Å². The minimum Gasteiger partial charge on any atom is -0.368 e. The Bertz CT molecular complexity index is 368. The summed E-state index contributed by atoms with van der Waals surface area (Å²) in [6.45, 7) is 1.56. The van der Waals surface area contributed by atoms with Gasteiger partial charge in [-0.2, -0.15) is 0 Å². The summed E-state index contributed by atoms with van der Waals surface area (Å²) in [5.41, 5.74) is 5.03. The van der Waals surface area contributed by atoms with Gasteiger partial charge in [0.25, 0.3) is 0 Å². The zero-order valence-corrected chi connectivity index (χ0v) is 9.79. The second-order valence-electron chi connectivity index (χ2n) is 3.29. The van der Waals surface area contributed by atoms with Crippen LogP contribution in [0.5, 0.6) is 0 Å². The van der Waals surface area contributed by atoms with Gasteiger partial charge in [-0.1, -0.05) is 18.2 Å². The molecule has 0 spiro atoms. The van der Waals surface area contributed by atoms with E-state index < -0.39 is 11.9 Å². The fourth-order valence-electron chi connectivity index (χ4n) is 1.02. The molecule has 2 amide bonds. The van der Waals surface area contributed by atoms with Crippen LogP contribution >= 0.6 is 11.8 Å². The Morgan fingerprint density at radius 1 is 1.38 bits per heavy atom. The molecule has 0 fully saturated rings. The van der Waals surface area contributed by atoms with E-state index in [1.165, 1.54) is 11.8 Å². The summed E-state index contributed by atoms with van der Waals surface area (Å²) in [5.74, 6) is -0.444. The number of carbonyl (C=O) groups is 2. The molecule has 1 aromatic carbocycles. The van der Waals surface area contributed by atoms with E-state index in [1.807, 2.05) is 30.3 Å². The van der Waals surface area contributed by atoms with Gasteiger partial charge in [0, 0.05) is 4.90 Å². The first-order chi connectivity index (χ1) is 7.59. The standard InChI is InChI=1S/C11H14N2O2S/c1-8(11(12)15)13-10(14)7-16-9-5-3-2-4-6-9/h2-6,8H,7H2,1H3,(H2,12,15)(H,13,14)/t8-/m0/s1. The van der Waals surface area contributed by atoms with Crippen LogP contribution in [-0.4, -0.2) is 23.6 Å². The Morgan fingerprint density at radius 2 is 2.00 bits per heavy atom. The molecule has 0 saturated carbocycles. The lowest BCUT2D eigenvalue weighted by atomic mass is 10.3. The summed E-state index contributed by atoms with van der Waals surface area (Å²) >= 11 is 1.42. The van der Waals surface area contributed by atoms with Gasteiger partial charge in [-0.05, 0) is 19.1 Å². The number of nitrogens with one attached hydrogen (secondary N) is 1. The average molecular weight is 238 g/mol. The molecule has 0 aromatic heterocycles. The number of primary amides is 1. The summed E-state index contributed by atoms with van der Waals surface area (Å²) in [5, 5.41) is 2.52. The molecule has 5 heteroatoms. The van der Waals surface area contributed by atoms with Crippen molar-refractivity contribution in [2.75, 3.05) is 5.75 Å². The highest BCUT2D eigenvalue weighted by atomic mass is 32.2. The summed E-state index contributed by atoms with van der Waals surface area (Å²) in [6.07, 6.45) is 0. The zero-order chi connectivity index (χ0) is 12.0. The highest BCUT2D eigenvalue weighted by molar-refractivity contribution is 8.00. The van der Waals surface area contributed by atoms with E-state index >= 15 is 0 Å². The van der Waals surface area contributed by atoms with E-state index in [9.17, 15) is 9.59 Å². The van der Waals surface area contributed by atoms with Crippen LogP contribution in [0.1, 0.15) is 6.92 Å². The number of thioether (sulfide) groups is 1. The Morgan fingerprint density at radius 3 is 2.56 bits per heavy atom. The van der Waals surface area contributed by atoms with E-state index in [0.717, 1.165) is 4.90 Å². The first-order valence-electron chi connectivity index (χ1n) is 4.86. The number of benzene rings is 1. The van der Waals surface area contributed by atoms with Crippen molar-refractivity contribution in [2.24, 2.45) is 5.73 Å². The first-order valence-corrected chi connectivity index (χ1v) is 5.84. The second-order valence-corrected chi connectivity index (χ2v) is 4.34. The molecule has 0 radical (unpaired) electrons. The average Bonchev–Trinajstić information content (AvgIpc) is 2.27. The predicted octanol–water partition coefficient (Wildman–Crippen LogP) is 0.769. The molecule has 4 nitrogen and oxygen atoms in total. The summed E-state index contributed by atoms with van der Waals surface area (Å²) in [4.78, 5) is 23.1. The number of nitrogens with two attached hydrogens (primary N) is 1. The van der Waals surface area contributed by atoms with E-state index in [0.29, 0.717) is 0 Å². The van der Waals surface area contributed by atoms with Crippen LogP contribution in [0.4, 0.5) is 0 Å². The van der Waals surface area contributed by atoms with Crippen molar-refractivity contribution in [1.82, 2.24) is 5.32 Å². The molecule has 1 aromatic rings. The van der Waals surface area contributed by atoms with Crippen LogP contribution in [0.25, 0.3) is 0 Å². The van der Waals surface area contributed by atoms with Crippen LogP contribution in [0, 0.1) is 0 Å². The number of rotatable bonds is 5. The Kier molecular flexibility index (Phi) is 4.85. The molecule has 0 aliphatic rings. The third kappa shape index (κ3) is 4.35. The van der Waals surface area contributed by atoms with Crippen molar-refractivity contribution in [1.29, 1.82) is 0 Å². The summed E-state index contributed by atoms with van der Waals surface area (Å²) < 4.78 is 0. The van der Waals surface area contributed by atoms with E-state index in [1.54, 1.807) is 6.92 Å². The molecule has 3 N–H and O–H groups in total. The molecule has 0 heterocycles. The smallest absolute Gasteiger partial charge is 0.239 e. The number of hydrogen-bond acceptors (Lipinski definition) is 3. The van der Waals surface area contributed by atoms with E-state index in [2.05, 4.69) is 5.32 Å². The number of amides is 2. The Balaban J connectivity index is 2.33. The lowest BCUT2D eigenvalue weighted by Crippen LogP contribution is -2.42. The van der Waals surface area contributed by atoms with Gasteiger partial charge in [-0.3, -0.25) is 9.59 Å². The number of carbonyl (C=O) groups excluding carboxylic acids is 2. The summed E-state index contributed by atoms with van der Waals surface area (Å²) in [7, 11) is 0. The van der Waals surface area contributed by atoms with Crippen molar-refractivity contribution >= 4 is 23.6 Å². The highest BCUT2D eigenvalue weighted by Gasteiger charge is 2.11. The zero-order valence-electron chi connectivity index (χ0n) is 8.97. The van der Waals surface area contributed by atoms with Gasteiger partial charge in [0.15, 0.2) is 0 Å². The van der Waals surface area contributed by atoms with Crippen molar-refractivity contribution in [2.45, 2.75) is 17.9 Å². The molecule has 0 aliphatic heterocycles. The van der Waals surface area contributed by atoms with Crippen molar-refractivity contribution in [3.8, 4) is 0 Å². The number of hydrogen-bond donors (Lipinski definition) is 2. The molecular formula is C11H14N2O2S. The molecule has 0 bridgehead atoms. The van der Waals surface area contributed by atoms with E-state index in [-0.39, 0.29) is 11.7 Å². The second kappa shape index (κ2) is 6.17. The Labute approximate surface area is 98.6 Å². The van der Waals surface area contributed by atoms with Gasteiger partial charge in [0.2, 0.25) is 11.8 Å². The fraction of sp³-hybridized carbons (Fsp3) is 0.273. The van der Waals surface area contributed by atoms with Crippen LogP contribution in [0.3, 0.4) is 0 Å². The molecule has 16 heavy (non-hydrogen) atoms. The monoisotopic (exact) mass is 238 g/mol. The third-order valence-corrected chi connectivity index (χ3v) is 2.93. The molecule has 0 saturated heterocycles. The maximum Gasteiger partial charge on any atom is 0.239 e. The third-order valence-electron chi connectivity index (χ3n) is 1.92. The highest BCUT2D eigenvalue weighted by Crippen LogP contribution is 2.16. The molecule has 0 unspecified atom stereocenters. The van der Waals surface area contributed by atoms with Gasteiger partial charge in [-0.25, -0.2) is 0 Å². The minimum absolute atomic E-state index is 0.194. The SMILES string of the molecule is C[C@H](NC(=O)CSc1ccccc1)C(N)=O. The predicted molar refractivity (Wildman–Crippen MR) is 64.0 cm³/mol. The summed E-state index contributed by atoms with van der Waals surface area (Å²) in [6, 6.07) is 8.96. The lowest BCUT2D eigenvalue weighted by Gasteiger charge is -2.09. The van der Waals surface area contributed by atoms with Gasteiger partial charge >= 0.3 is 0 Å². The van der Waals surface area contributed by atoms with Gasteiger partial charge < -0.3 is 11.1 Å². The first kappa shape index (κ1) is 12.6. The van der Waals surface area contributed by atoms with Gasteiger partial charge in [0.05, 0.1) is 5.75 Å². The molecule has 1 rings (SSSR count). The van der Waals surface area contributed by atoms with Crippen LogP contribution in [-0.2, 0) is 9.59 Å². The lowest BCUT2D eigenvalue weighted by molar-refractivity contribution is -0.125. The Hall–Kier alpha value is -1.49. The topological polar surface area (TPSA) is 72.2 Å². The van der Waals surface area contributed by atoms with Gasteiger partial charge in [0.1, 0.15) is 6.04 Å². The van der Waals surface area contributed by atoms with Crippen molar-refractivity contribution in [3.63, 3.8) is 0 Å². The normalized spacial score (nSPS) is 11.8. The fourth-order valence-corrected chi connectivity index (χ4v) is 1.75. The largest absolute Gasteiger partial charge is 0.368 e. The van der Waals surface area contributed by atoms with Crippen LogP contribution in [0.15, 0.2) is 35.2 Å². The maximum atomic E-state index is 11.4. The molecule has 0 aliphatic carbocycles. The maximum absolute atomic E-state index is 11.4. The minimum atomic E-state index is -0.621. The van der Waals surface area contributed by atoms with Crippen molar-refractivity contribution in [3.05, 3.63) is 30.3 Å².